The minimum atomic E-state index is -2.12. The Balaban J connectivity index is 1.83. The van der Waals surface area contributed by atoms with Gasteiger partial charge >= 0.3 is 217 Å². The topological polar surface area (TPSA) is 0 Å². The van der Waals surface area contributed by atoms with E-state index < -0.39 is 21.3 Å². The van der Waals surface area contributed by atoms with Gasteiger partial charge in [-0.05, 0) is 0 Å². The van der Waals surface area contributed by atoms with Crippen LogP contribution in [0.4, 0.5) is 0 Å². The van der Waals surface area contributed by atoms with Gasteiger partial charge in [-0.2, -0.15) is 0 Å². The average molecular weight is 530 g/mol. The van der Waals surface area contributed by atoms with Gasteiger partial charge in [0.25, 0.3) is 0 Å². The predicted octanol–water partition coefficient (Wildman–Crippen LogP) is 8.30. The predicted molar refractivity (Wildman–Crippen MR) is 147 cm³/mol. The normalized spacial score (nSPS) is 17.3. The van der Waals surface area contributed by atoms with Crippen molar-refractivity contribution in [2.24, 2.45) is 0 Å². The average Bonchev–Trinajstić information content (AvgIpc) is 3.48. The van der Waals surface area contributed by atoms with Crippen LogP contribution in [0.15, 0.2) is 39.7 Å². The zero-order valence-corrected chi connectivity index (χ0v) is 25.2. The van der Waals surface area contributed by atoms with Crippen LogP contribution in [-0.4, -0.2) is 3.21 Å². The molecule has 0 nitrogen and oxygen atoms in total. The molecule has 3 aliphatic rings. The number of benzene rings is 2. The van der Waals surface area contributed by atoms with E-state index in [1.165, 1.54) is 48.8 Å². The van der Waals surface area contributed by atoms with E-state index in [1.807, 2.05) is 9.76 Å². The molecule has 0 atom stereocenters. The molecule has 2 aromatic carbocycles. The summed E-state index contributed by atoms with van der Waals surface area (Å²) in [5.74, 6) is 0. The fourth-order valence-electron chi connectivity index (χ4n) is 6.79. The number of rotatable bonds is 2. The first kappa shape index (κ1) is 24.4. The summed E-state index contributed by atoms with van der Waals surface area (Å²) in [4.78, 5) is 0. The zero-order valence-electron chi connectivity index (χ0n) is 22.7. The molecule has 0 unspecified atom stereocenters. The fraction of sp³-hybridized carbons (Fsp3) is 0.485. The number of fused-ring (bicyclic) bond motifs is 3. The molecule has 0 spiro atoms. The number of hydrogen-bond donors (Lipinski definition) is 0. The van der Waals surface area contributed by atoms with Crippen molar-refractivity contribution < 1.29 is 21.3 Å². The van der Waals surface area contributed by atoms with E-state index in [0.717, 1.165) is 6.42 Å². The standard InChI is InChI=1S/C23H29.C5H8.C5H5.Zr/c1-14-9-16-11-17-10-15(2)21(23(6,7)8)13-19(17)18(16)12-20(14)22(3,4)5;2*1-2-4-5-3-1;/h9,12-13H,11H2,1-8H3;1-4H2;1-3H,4H2;. The van der Waals surface area contributed by atoms with Gasteiger partial charge in [-0.3, -0.25) is 0 Å². The summed E-state index contributed by atoms with van der Waals surface area (Å²) in [5.41, 5.74) is 12.9. The van der Waals surface area contributed by atoms with Gasteiger partial charge in [0, 0.05) is 0 Å². The Labute approximate surface area is 215 Å². The summed E-state index contributed by atoms with van der Waals surface area (Å²) in [5, 5.41) is 0. The van der Waals surface area contributed by atoms with Crippen LogP contribution in [-0.2, 0) is 38.5 Å². The Morgan fingerprint density at radius 3 is 2.03 bits per heavy atom. The first-order chi connectivity index (χ1) is 16.0. The molecule has 0 bridgehead atoms. The van der Waals surface area contributed by atoms with Crippen molar-refractivity contribution in [3.05, 3.63) is 73.1 Å². The van der Waals surface area contributed by atoms with Crippen LogP contribution in [0.1, 0.15) is 107 Å². The fourth-order valence-corrected chi connectivity index (χ4v) is 15.6. The van der Waals surface area contributed by atoms with Gasteiger partial charge in [-0.1, -0.05) is 0 Å². The van der Waals surface area contributed by atoms with Crippen molar-refractivity contribution in [1.82, 2.24) is 0 Å². The first-order valence-electron chi connectivity index (χ1n) is 13.4. The molecule has 0 N–H and O–H groups in total. The van der Waals surface area contributed by atoms with Gasteiger partial charge < -0.3 is 0 Å². The molecule has 0 heterocycles. The second-order valence-electron chi connectivity index (χ2n) is 13.0. The molecule has 0 aromatic heterocycles. The number of aryl methyl sites for hydroxylation is 1. The van der Waals surface area contributed by atoms with Gasteiger partial charge in [-0.15, -0.1) is 0 Å². The van der Waals surface area contributed by atoms with Crippen LogP contribution in [0.2, 0.25) is 0 Å². The maximum absolute atomic E-state index is 2.60. The Morgan fingerprint density at radius 2 is 1.44 bits per heavy atom. The van der Waals surface area contributed by atoms with Crippen LogP contribution >= 0.6 is 0 Å². The molecule has 0 saturated heterocycles. The molecule has 34 heavy (non-hydrogen) atoms. The van der Waals surface area contributed by atoms with E-state index in [2.05, 4.69) is 91.8 Å². The van der Waals surface area contributed by atoms with Crippen molar-refractivity contribution in [1.29, 1.82) is 0 Å². The minimum absolute atomic E-state index is 0.158. The van der Waals surface area contributed by atoms with E-state index in [-0.39, 0.29) is 10.8 Å². The van der Waals surface area contributed by atoms with Crippen molar-refractivity contribution in [2.75, 3.05) is 0 Å². The van der Waals surface area contributed by atoms with Crippen LogP contribution in [0.3, 0.4) is 0 Å². The SMILES string of the molecule is Cc1cc2c(cc1C(C)(C)C)-c1cc(C(C)(C)C)c(C)[c]([Zr]([C]3=CC=CC3)=[C]3CCCC3)c1C2. The first-order valence-corrected chi connectivity index (χ1v) is 17.1. The summed E-state index contributed by atoms with van der Waals surface area (Å²) >= 11 is -2.12. The van der Waals surface area contributed by atoms with Gasteiger partial charge in [0.05, 0.1) is 0 Å². The van der Waals surface area contributed by atoms with Crippen LogP contribution in [0, 0.1) is 13.8 Å². The third-order valence-electron chi connectivity index (χ3n) is 8.32. The van der Waals surface area contributed by atoms with Crippen LogP contribution in [0.25, 0.3) is 11.1 Å². The Bertz CT molecular complexity index is 1260. The van der Waals surface area contributed by atoms with Crippen molar-refractivity contribution in [3.63, 3.8) is 0 Å². The summed E-state index contributed by atoms with van der Waals surface area (Å²) in [7, 11) is 0. The summed E-state index contributed by atoms with van der Waals surface area (Å²) < 4.78 is 5.65. The molecule has 1 fully saturated rings. The van der Waals surface area contributed by atoms with Crippen molar-refractivity contribution in [3.8, 4) is 11.1 Å². The summed E-state index contributed by atoms with van der Waals surface area (Å²) in [6, 6.07) is 7.68. The van der Waals surface area contributed by atoms with Gasteiger partial charge in [-0.25, -0.2) is 0 Å². The van der Waals surface area contributed by atoms with Crippen molar-refractivity contribution in [2.45, 2.75) is 105 Å². The van der Waals surface area contributed by atoms with E-state index in [1.54, 1.807) is 27.8 Å². The molecule has 1 heteroatoms. The van der Waals surface area contributed by atoms with Gasteiger partial charge in [0.1, 0.15) is 0 Å². The quantitative estimate of drug-likeness (QED) is 0.313. The molecule has 3 aliphatic carbocycles. The van der Waals surface area contributed by atoms with Crippen LogP contribution in [0.5, 0.6) is 0 Å². The molecule has 1 saturated carbocycles. The Hall–Kier alpha value is -1.33. The summed E-state index contributed by atoms with van der Waals surface area (Å²) in [6.07, 6.45) is 15.2. The Kier molecular flexibility index (Phi) is 6.20. The molecule has 178 valence electrons. The van der Waals surface area contributed by atoms with E-state index in [4.69, 9.17) is 0 Å². The molecular formula is C33H42Zr. The Morgan fingerprint density at radius 1 is 0.794 bits per heavy atom. The van der Waals surface area contributed by atoms with E-state index in [0.29, 0.717) is 0 Å². The van der Waals surface area contributed by atoms with E-state index >= 15 is 0 Å². The number of hydrogen-bond acceptors (Lipinski definition) is 0. The molecule has 5 rings (SSSR count). The third-order valence-corrected chi connectivity index (χ3v) is 16.7. The monoisotopic (exact) mass is 528 g/mol. The molecule has 2 aromatic rings. The van der Waals surface area contributed by atoms with Crippen LogP contribution < -0.4 is 3.27 Å². The molecular weight excluding hydrogens is 488 g/mol. The molecule has 0 amide bonds. The second kappa shape index (κ2) is 8.66. The maximum atomic E-state index is 2.60. The molecule has 0 aliphatic heterocycles. The van der Waals surface area contributed by atoms with Crippen molar-refractivity contribution >= 4 is 6.48 Å². The zero-order chi connectivity index (χ0) is 24.4. The third kappa shape index (κ3) is 4.15. The van der Waals surface area contributed by atoms with Gasteiger partial charge in [0.2, 0.25) is 0 Å². The van der Waals surface area contributed by atoms with E-state index in [9.17, 15) is 0 Å². The second-order valence-corrected chi connectivity index (χ2v) is 19.4. The molecule has 0 radical (unpaired) electrons. The summed E-state index contributed by atoms with van der Waals surface area (Å²) in [6.45, 7) is 19.1. The van der Waals surface area contributed by atoms with Gasteiger partial charge in [0.15, 0.2) is 0 Å². The number of allylic oxidation sites excluding steroid dienone is 4.